The number of hydrogen-bond donors (Lipinski definition) is 1. The minimum atomic E-state index is 0.608. The Morgan fingerprint density at radius 2 is 1.80 bits per heavy atom. The molecule has 0 aliphatic carbocycles. The Labute approximate surface area is 124 Å². The van der Waals surface area contributed by atoms with Crippen molar-refractivity contribution in [3.8, 4) is 5.75 Å². The standard InChI is InChI=1S/C17H30N2O/c1-14(2)12-15(3)19(5)10-11-20-17-8-6-16(7-9-17)13-18-4/h6-9,14-15,18H,10-13H2,1-5H3. The molecule has 0 aliphatic heterocycles. The lowest BCUT2D eigenvalue weighted by Crippen LogP contribution is -2.33. The molecule has 0 amide bonds. The van der Waals surface area contributed by atoms with Crippen LogP contribution in [0.1, 0.15) is 32.8 Å². The first kappa shape index (κ1) is 17.0. The van der Waals surface area contributed by atoms with Crippen molar-refractivity contribution in [1.29, 1.82) is 0 Å². The van der Waals surface area contributed by atoms with Gasteiger partial charge in [0.05, 0.1) is 0 Å². The molecule has 1 aromatic carbocycles. The van der Waals surface area contributed by atoms with E-state index in [2.05, 4.69) is 50.2 Å². The average Bonchev–Trinajstić information content (AvgIpc) is 2.40. The highest BCUT2D eigenvalue weighted by Crippen LogP contribution is 2.13. The second-order valence-electron chi connectivity index (χ2n) is 5.98. The summed E-state index contributed by atoms with van der Waals surface area (Å²) in [5.41, 5.74) is 1.28. The molecule has 0 heterocycles. The summed E-state index contributed by atoms with van der Waals surface area (Å²) < 4.78 is 5.80. The predicted molar refractivity (Wildman–Crippen MR) is 86.2 cm³/mol. The lowest BCUT2D eigenvalue weighted by Gasteiger charge is -2.26. The molecule has 1 rings (SSSR count). The number of nitrogens with zero attached hydrogens (tertiary/aromatic N) is 1. The Morgan fingerprint density at radius 3 is 2.35 bits per heavy atom. The van der Waals surface area contributed by atoms with E-state index >= 15 is 0 Å². The normalized spacial score (nSPS) is 12.9. The van der Waals surface area contributed by atoms with Crippen LogP contribution in [0.3, 0.4) is 0 Å². The van der Waals surface area contributed by atoms with E-state index in [1.54, 1.807) is 0 Å². The molecule has 0 aromatic heterocycles. The van der Waals surface area contributed by atoms with Gasteiger partial charge in [0, 0.05) is 19.1 Å². The minimum absolute atomic E-state index is 0.608. The van der Waals surface area contributed by atoms with Crippen molar-refractivity contribution in [3.05, 3.63) is 29.8 Å². The Morgan fingerprint density at radius 1 is 1.15 bits per heavy atom. The van der Waals surface area contributed by atoms with Crippen LogP contribution in [0, 0.1) is 5.92 Å². The summed E-state index contributed by atoms with van der Waals surface area (Å²) in [5.74, 6) is 1.70. The molecule has 1 unspecified atom stereocenters. The first-order valence-corrected chi connectivity index (χ1v) is 7.59. The number of rotatable bonds is 9. The molecule has 0 bridgehead atoms. The Bertz CT molecular complexity index is 362. The second kappa shape index (κ2) is 8.98. The first-order valence-electron chi connectivity index (χ1n) is 7.59. The van der Waals surface area contributed by atoms with Crippen LogP contribution >= 0.6 is 0 Å². The summed E-state index contributed by atoms with van der Waals surface area (Å²) in [7, 11) is 4.13. The Kier molecular flexibility index (Phi) is 7.63. The zero-order valence-corrected chi connectivity index (χ0v) is 13.6. The molecular formula is C17H30N2O. The van der Waals surface area contributed by atoms with Gasteiger partial charge in [-0.3, -0.25) is 0 Å². The molecule has 0 saturated heterocycles. The van der Waals surface area contributed by atoms with Gasteiger partial charge in [-0.1, -0.05) is 26.0 Å². The molecule has 1 atom stereocenters. The van der Waals surface area contributed by atoms with Crippen LogP contribution in [0.25, 0.3) is 0 Å². The Hall–Kier alpha value is -1.06. The van der Waals surface area contributed by atoms with E-state index in [9.17, 15) is 0 Å². The minimum Gasteiger partial charge on any atom is -0.492 e. The highest BCUT2D eigenvalue weighted by atomic mass is 16.5. The van der Waals surface area contributed by atoms with Gasteiger partial charge in [0.25, 0.3) is 0 Å². The molecule has 0 spiro atoms. The smallest absolute Gasteiger partial charge is 0.119 e. The van der Waals surface area contributed by atoms with Gasteiger partial charge >= 0.3 is 0 Å². The largest absolute Gasteiger partial charge is 0.492 e. The Balaban J connectivity index is 2.29. The van der Waals surface area contributed by atoms with Gasteiger partial charge in [-0.25, -0.2) is 0 Å². The number of nitrogens with one attached hydrogen (secondary N) is 1. The van der Waals surface area contributed by atoms with Crippen LogP contribution < -0.4 is 10.1 Å². The highest BCUT2D eigenvalue weighted by Gasteiger charge is 2.10. The summed E-state index contributed by atoms with van der Waals surface area (Å²) in [6, 6.07) is 8.92. The van der Waals surface area contributed by atoms with E-state index in [4.69, 9.17) is 4.74 Å². The summed E-state index contributed by atoms with van der Waals surface area (Å²) in [6.45, 7) is 9.43. The van der Waals surface area contributed by atoms with Crippen molar-refractivity contribution in [1.82, 2.24) is 10.2 Å². The fourth-order valence-electron chi connectivity index (χ4n) is 2.30. The van der Waals surface area contributed by atoms with Crippen molar-refractivity contribution in [2.75, 3.05) is 27.2 Å². The van der Waals surface area contributed by atoms with Crippen LogP contribution in [0.4, 0.5) is 0 Å². The van der Waals surface area contributed by atoms with E-state index in [0.29, 0.717) is 6.04 Å². The molecule has 0 aliphatic rings. The molecular weight excluding hydrogens is 248 g/mol. The van der Waals surface area contributed by atoms with Gasteiger partial charge in [-0.05, 0) is 51.1 Å². The van der Waals surface area contributed by atoms with Crippen molar-refractivity contribution < 1.29 is 4.74 Å². The van der Waals surface area contributed by atoms with Crippen LogP contribution in [0.5, 0.6) is 5.75 Å². The molecule has 0 radical (unpaired) electrons. The van der Waals surface area contributed by atoms with Crippen LogP contribution in [-0.4, -0.2) is 38.2 Å². The maximum Gasteiger partial charge on any atom is 0.119 e. The number of benzene rings is 1. The molecule has 3 nitrogen and oxygen atoms in total. The van der Waals surface area contributed by atoms with Gasteiger partial charge in [-0.15, -0.1) is 0 Å². The molecule has 20 heavy (non-hydrogen) atoms. The van der Waals surface area contributed by atoms with Gasteiger partial charge in [0.1, 0.15) is 12.4 Å². The van der Waals surface area contributed by atoms with E-state index in [1.165, 1.54) is 12.0 Å². The monoisotopic (exact) mass is 278 g/mol. The quantitative estimate of drug-likeness (QED) is 0.751. The van der Waals surface area contributed by atoms with Crippen LogP contribution in [0.15, 0.2) is 24.3 Å². The molecule has 1 aromatic rings. The topological polar surface area (TPSA) is 24.5 Å². The first-order chi connectivity index (χ1) is 9.52. The maximum absolute atomic E-state index is 5.80. The zero-order valence-electron chi connectivity index (χ0n) is 13.6. The van der Waals surface area contributed by atoms with Gasteiger partial charge < -0.3 is 15.0 Å². The van der Waals surface area contributed by atoms with Crippen molar-refractivity contribution in [2.45, 2.75) is 39.8 Å². The third-order valence-corrected chi connectivity index (χ3v) is 3.58. The van der Waals surface area contributed by atoms with Crippen molar-refractivity contribution >= 4 is 0 Å². The molecule has 3 heteroatoms. The number of ether oxygens (including phenoxy) is 1. The summed E-state index contributed by atoms with van der Waals surface area (Å²) in [6.07, 6.45) is 1.23. The average molecular weight is 278 g/mol. The summed E-state index contributed by atoms with van der Waals surface area (Å²) in [4.78, 5) is 2.37. The molecule has 114 valence electrons. The van der Waals surface area contributed by atoms with E-state index in [0.717, 1.165) is 31.4 Å². The van der Waals surface area contributed by atoms with E-state index in [1.807, 2.05) is 19.2 Å². The third kappa shape index (κ3) is 6.40. The lowest BCUT2D eigenvalue weighted by atomic mass is 10.0. The number of likely N-dealkylation sites (N-methyl/N-ethyl adjacent to an activating group) is 1. The van der Waals surface area contributed by atoms with Crippen molar-refractivity contribution in [2.24, 2.45) is 5.92 Å². The third-order valence-electron chi connectivity index (χ3n) is 3.58. The molecule has 0 fully saturated rings. The summed E-state index contributed by atoms with van der Waals surface area (Å²) in [5, 5.41) is 3.14. The fourth-order valence-corrected chi connectivity index (χ4v) is 2.30. The van der Waals surface area contributed by atoms with Gasteiger partial charge in [0.15, 0.2) is 0 Å². The second-order valence-corrected chi connectivity index (χ2v) is 5.98. The lowest BCUT2D eigenvalue weighted by molar-refractivity contribution is 0.184. The van der Waals surface area contributed by atoms with E-state index < -0.39 is 0 Å². The predicted octanol–water partition coefficient (Wildman–Crippen LogP) is 3.15. The van der Waals surface area contributed by atoms with Gasteiger partial charge in [0.2, 0.25) is 0 Å². The SMILES string of the molecule is CNCc1ccc(OCCN(C)C(C)CC(C)C)cc1. The molecule has 0 saturated carbocycles. The van der Waals surface area contributed by atoms with Crippen molar-refractivity contribution in [3.63, 3.8) is 0 Å². The number of hydrogen-bond acceptors (Lipinski definition) is 3. The van der Waals surface area contributed by atoms with Crippen LogP contribution in [-0.2, 0) is 6.54 Å². The molecule has 1 N–H and O–H groups in total. The van der Waals surface area contributed by atoms with Gasteiger partial charge in [-0.2, -0.15) is 0 Å². The van der Waals surface area contributed by atoms with Crippen LogP contribution in [0.2, 0.25) is 0 Å². The fraction of sp³-hybridized carbons (Fsp3) is 0.647. The maximum atomic E-state index is 5.80. The summed E-state index contributed by atoms with van der Waals surface area (Å²) >= 11 is 0. The zero-order chi connectivity index (χ0) is 15.0. The highest BCUT2D eigenvalue weighted by molar-refractivity contribution is 5.27. The van der Waals surface area contributed by atoms with E-state index in [-0.39, 0.29) is 0 Å².